The first kappa shape index (κ1) is 56.9. The van der Waals surface area contributed by atoms with Crippen LogP contribution in [0.4, 0.5) is 54.5 Å². The van der Waals surface area contributed by atoms with Gasteiger partial charge in [-0.2, -0.15) is 49.6 Å². The number of pyridine rings is 1. The summed E-state index contributed by atoms with van der Waals surface area (Å²) in [6.45, 7) is -2.47. The number of phosphoric ester groups is 1. The van der Waals surface area contributed by atoms with E-state index in [0.717, 1.165) is 42.7 Å². The highest BCUT2D eigenvalue weighted by atomic mass is 35.5. The average Bonchev–Trinajstić information content (AvgIpc) is 3.76. The molecule has 1 saturated carbocycles. The third-order valence-electron chi connectivity index (χ3n) is 11.8. The Kier molecular flexibility index (Phi) is 15.1. The number of amides is 2. The maximum atomic E-state index is 15.6. The number of phosphoric acid groups is 1. The van der Waals surface area contributed by atoms with Crippen molar-refractivity contribution in [2.75, 3.05) is 30.0 Å². The molecule has 7 rings (SSSR count). The number of sulfone groups is 1. The molecule has 0 radical (unpaired) electrons. The second-order valence-corrected chi connectivity index (χ2v) is 23.9. The molecule has 2 amide bonds. The molecule has 5 aromatic rings. The number of carbonyl (C=O) groups is 2. The van der Waals surface area contributed by atoms with Gasteiger partial charge in [0, 0.05) is 41.4 Å². The lowest BCUT2D eigenvalue weighted by atomic mass is 9.93. The van der Waals surface area contributed by atoms with Crippen LogP contribution in [-0.2, 0) is 70.1 Å². The third kappa shape index (κ3) is 12.4. The van der Waals surface area contributed by atoms with E-state index in [0.29, 0.717) is 12.3 Å². The van der Waals surface area contributed by atoms with E-state index in [1.807, 2.05) is 0 Å². The molecule has 0 aliphatic heterocycles. The summed E-state index contributed by atoms with van der Waals surface area (Å²) in [5, 5.41) is 8.32. The highest BCUT2D eigenvalue weighted by Crippen LogP contribution is 2.68. The molecule has 1 fully saturated rings. The van der Waals surface area contributed by atoms with Gasteiger partial charge in [-0.15, -0.1) is 0 Å². The molecular formula is C43H39ClF10N7O11PS2. The lowest BCUT2D eigenvalue weighted by Gasteiger charge is -2.23. The summed E-state index contributed by atoms with van der Waals surface area (Å²) < 4.78 is 218. The standard InChI is InChI=1S/C43H39ClF10N7O11PS2/c1-40(2,74(3,67)68)11-10-24-6-7-25(26-8-9-29(44)33-35(26)60(20-41(47,48)49)58-38(33)61(75(4,69)70)39(63)71-12-5-13-72-73(64,65)66)34(55-24)30(16-21-14-22(45)17-23(46)15-21)56-31(62)19-59-37-32(36(57-59)43(52,53)54)27-18-28(27)42(37,50)51/h6-9,14-15,17,27-28,30H,5,12-13,16,18-20H2,1-4H3,(H,56,62)(H2,64,65,66)/t27-,28+,30-/m0/s1. The number of halogens is 11. The predicted octanol–water partition coefficient (Wildman–Crippen LogP) is 7.69. The molecular weight excluding hydrogens is 1110 g/mol. The molecule has 3 N–H and O–H groups in total. The van der Waals surface area contributed by atoms with E-state index in [1.165, 1.54) is 13.8 Å². The summed E-state index contributed by atoms with van der Waals surface area (Å²) >= 11 is 6.58. The molecule has 3 heterocycles. The molecule has 2 aliphatic carbocycles. The summed E-state index contributed by atoms with van der Waals surface area (Å²) in [5.41, 5.74) is -6.33. The molecule has 0 spiro atoms. The number of nitrogens with one attached hydrogen (secondary N) is 1. The molecule has 2 aromatic carbocycles. The summed E-state index contributed by atoms with van der Waals surface area (Å²) in [5.74, 6) is -6.39. The Hall–Kier alpha value is -5.83. The number of nitrogens with zero attached hydrogens (tertiary/aromatic N) is 6. The normalized spacial score (nSPS) is 17.0. The molecule has 2 aliphatic rings. The van der Waals surface area contributed by atoms with Gasteiger partial charge in [0.05, 0.1) is 47.1 Å². The van der Waals surface area contributed by atoms with E-state index in [-0.39, 0.29) is 36.9 Å². The fourth-order valence-corrected chi connectivity index (χ4v) is 9.85. The van der Waals surface area contributed by atoms with E-state index >= 15 is 8.78 Å². The fraction of sp³-hybridized carbons (Fsp3) is 0.419. The largest absolute Gasteiger partial charge is 0.469 e. The van der Waals surface area contributed by atoms with Gasteiger partial charge in [0.2, 0.25) is 15.9 Å². The number of ether oxygens (including phenoxy) is 1. The second-order valence-electron chi connectivity index (χ2n) is 17.8. The van der Waals surface area contributed by atoms with Gasteiger partial charge in [-0.3, -0.25) is 18.7 Å². The minimum atomic E-state index is -5.25. The minimum absolute atomic E-state index is 0.163. The molecule has 0 bridgehead atoms. The van der Waals surface area contributed by atoms with Gasteiger partial charge in [0.15, 0.2) is 21.3 Å². The lowest BCUT2D eigenvalue weighted by Crippen LogP contribution is -2.37. The van der Waals surface area contributed by atoms with Crippen molar-refractivity contribution in [2.45, 2.75) is 81.2 Å². The zero-order valence-electron chi connectivity index (χ0n) is 38.9. The first-order valence-electron chi connectivity index (χ1n) is 21.6. The molecule has 406 valence electrons. The van der Waals surface area contributed by atoms with E-state index in [9.17, 15) is 66.1 Å². The summed E-state index contributed by atoms with van der Waals surface area (Å²) in [4.78, 5) is 50.0. The molecule has 32 heteroatoms. The maximum absolute atomic E-state index is 15.6. The van der Waals surface area contributed by atoms with Crippen LogP contribution in [-0.4, -0.2) is 99.8 Å². The number of aromatic nitrogens is 5. The number of hydrogen-bond acceptors (Lipinski definition) is 12. The van der Waals surface area contributed by atoms with Crippen LogP contribution >= 0.6 is 19.4 Å². The van der Waals surface area contributed by atoms with Gasteiger partial charge in [-0.1, -0.05) is 23.6 Å². The number of hydrogen-bond donors (Lipinski definition) is 3. The zero-order valence-corrected chi connectivity index (χ0v) is 42.2. The van der Waals surface area contributed by atoms with E-state index in [1.54, 1.807) is 0 Å². The highest BCUT2D eigenvalue weighted by Gasteiger charge is 2.68. The number of rotatable bonds is 16. The van der Waals surface area contributed by atoms with Crippen LogP contribution in [0.5, 0.6) is 0 Å². The van der Waals surface area contributed by atoms with Crippen LogP contribution in [0.2, 0.25) is 5.02 Å². The van der Waals surface area contributed by atoms with Crippen molar-refractivity contribution in [3.05, 3.63) is 93.0 Å². The number of benzene rings is 2. The van der Waals surface area contributed by atoms with Gasteiger partial charge >= 0.3 is 26.3 Å². The topological polar surface area (TPSA) is 242 Å². The van der Waals surface area contributed by atoms with Crippen LogP contribution in [0.25, 0.3) is 22.0 Å². The number of sulfonamides is 1. The molecule has 3 atom stereocenters. The van der Waals surface area contributed by atoms with Gasteiger partial charge in [0.25, 0.3) is 5.92 Å². The van der Waals surface area contributed by atoms with Crippen LogP contribution in [0, 0.1) is 29.4 Å². The Balaban J connectivity index is 1.45. The van der Waals surface area contributed by atoms with Crippen LogP contribution in [0.15, 0.2) is 42.5 Å². The minimum Gasteiger partial charge on any atom is -0.448 e. The summed E-state index contributed by atoms with van der Waals surface area (Å²) in [7, 11) is -13.9. The molecule has 18 nitrogen and oxygen atoms in total. The van der Waals surface area contributed by atoms with Crippen molar-refractivity contribution < 1.29 is 93.9 Å². The van der Waals surface area contributed by atoms with E-state index in [4.69, 9.17) is 26.1 Å². The Morgan fingerprint density at radius 1 is 0.973 bits per heavy atom. The Morgan fingerprint density at radius 2 is 1.61 bits per heavy atom. The van der Waals surface area contributed by atoms with Crippen molar-refractivity contribution in [1.29, 1.82) is 0 Å². The van der Waals surface area contributed by atoms with Gasteiger partial charge < -0.3 is 19.8 Å². The van der Waals surface area contributed by atoms with Gasteiger partial charge in [-0.25, -0.2) is 40.0 Å². The molecule has 3 aromatic heterocycles. The predicted molar refractivity (Wildman–Crippen MR) is 244 cm³/mol. The molecule has 0 unspecified atom stereocenters. The Labute approximate surface area is 423 Å². The van der Waals surface area contributed by atoms with Crippen molar-refractivity contribution in [3.63, 3.8) is 0 Å². The van der Waals surface area contributed by atoms with E-state index in [2.05, 4.69) is 36.9 Å². The number of carbonyl (C=O) groups excluding carboxylic acids is 2. The smallest absolute Gasteiger partial charge is 0.448 e. The monoisotopic (exact) mass is 1150 g/mol. The second kappa shape index (κ2) is 19.9. The first-order chi connectivity index (χ1) is 34.4. The average molecular weight is 1150 g/mol. The number of alkyl halides is 8. The fourth-order valence-electron chi connectivity index (χ4n) is 8.24. The molecule has 75 heavy (non-hydrogen) atoms. The quantitative estimate of drug-likeness (QED) is 0.0371. The van der Waals surface area contributed by atoms with Crippen molar-refractivity contribution in [1.82, 2.24) is 29.9 Å². The van der Waals surface area contributed by atoms with Crippen molar-refractivity contribution in [3.8, 4) is 23.0 Å². The van der Waals surface area contributed by atoms with E-state index < -0.39 is 181 Å². The number of anilines is 1. The van der Waals surface area contributed by atoms with Crippen molar-refractivity contribution in [2.24, 2.45) is 5.92 Å². The van der Waals surface area contributed by atoms with Gasteiger partial charge in [-0.05, 0) is 74.4 Å². The maximum Gasteiger partial charge on any atom is 0.469 e. The van der Waals surface area contributed by atoms with Crippen LogP contribution < -0.4 is 9.62 Å². The Morgan fingerprint density at radius 3 is 2.20 bits per heavy atom. The van der Waals surface area contributed by atoms with Crippen LogP contribution in [0.1, 0.15) is 72.6 Å². The number of fused-ring (bicyclic) bond motifs is 4. The SMILES string of the molecule is CC(C)(C#Cc1ccc(-c2ccc(Cl)c3c(N(C(=O)OCCCOP(=O)(O)O)S(C)(=O)=O)nn(CC(F)(F)F)c23)c([C@H](Cc2cc(F)cc(F)c2)NC(=O)Cn2nc(C(F)(F)F)c3c2C(F)(F)[C@@H]2C[C@H]32)n1)S(C)(=O)=O. The first-order valence-corrected chi connectivity index (χ1v) is 27.2. The Bertz CT molecular complexity index is 3460. The zero-order chi connectivity index (χ0) is 55.8. The van der Waals surface area contributed by atoms with Gasteiger partial charge in [0.1, 0.15) is 40.9 Å². The molecule has 0 saturated heterocycles. The van der Waals surface area contributed by atoms with Crippen LogP contribution in [0.3, 0.4) is 0 Å². The summed E-state index contributed by atoms with van der Waals surface area (Å²) in [6.07, 6.45) is -12.5. The van der Waals surface area contributed by atoms with Crippen molar-refractivity contribution >= 4 is 68.0 Å². The third-order valence-corrected chi connectivity index (χ3v) is 15.5. The highest BCUT2D eigenvalue weighted by molar-refractivity contribution is 7.93. The summed E-state index contributed by atoms with van der Waals surface area (Å²) in [6, 6.07) is 4.41. The lowest BCUT2D eigenvalue weighted by molar-refractivity contribution is -0.143.